The highest BCUT2D eigenvalue weighted by molar-refractivity contribution is 5.72. The number of aromatic nitrogens is 3. The van der Waals surface area contributed by atoms with Gasteiger partial charge in [-0.1, -0.05) is 12.1 Å². The minimum absolute atomic E-state index is 0.0990. The number of aliphatic hydroxyl groups is 1. The molecule has 0 saturated carbocycles. The van der Waals surface area contributed by atoms with Crippen LogP contribution in [-0.2, 0) is 6.54 Å². The van der Waals surface area contributed by atoms with Gasteiger partial charge in [-0.2, -0.15) is 0 Å². The van der Waals surface area contributed by atoms with E-state index in [9.17, 15) is 9.90 Å². The van der Waals surface area contributed by atoms with Crippen LogP contribution >= 0.6 is 0 Å². The minimum atomic E-state index is -0.821. The van der Waals surface area contributed by atoms with Gasteiger partial charge in [0.1, 0.15) is 24.8 Å². The summed E-state index contributed by atoms with van der Waals surface area (Å²) in [5, 5.41) is 10.6. The lowest BCUT2D eigenvalue weighted by molar-refractivity contribution is 0.0911. The van der Waals surface area contributed by atoms with Crippen molar-refractivity contribution in [3.8, 4) is 5.75 Å². The van der Waals surface area contributed by atoms with E-state index >= 15 is 0 Å². The van der Waals surface area contributed by atoms with Crippen LogP contribution in [0.1, 0.15) is 11.1 Å². The summed E-state index contributed by atoms with van der Waals surface area (Å²) in [5.41, 5.74) is 2.27. The van der Waals surface area contributed by atoms with Crippen molar-refractivity contribution in [1.82, 2.24) is 14.5 Å². The Morgan fingerprint density at radius 1 is 1.25 bits per heavy atom. The number of hydrogen-bond donors (Lipinski definition) is 1. The Labute approximate surface area is 139 Å². The number of rotatable bonds is 5. The molecule has 24 heavy (non-hydrogen) atoms. The SMILES string of the molecule is Cc1ccc(C)c(OC[C@H](O)Cn2cnc3ncccc3c2=O)c1. The zero-order valence-electron chi connectivity index (χ0n) is 13.6. The summed E-state index contributed by atoms with van der Waals surface area (Å²) in [7, 11) is 0. The fourth-order valence-electron chi connectivity index (χ4n) is 2.46. The highest BCUT2D eigenvalue weighted by Gasteiger charge is 2.11. The van der Waals surface area contributed by atoms with Crippen molar-refractivity contribution in [3.63, 3.8) is 0 Å². The van der Waals surface area contributed by atoms with E-state index in [1.165, 1.54) is 10.9 Å². The van der Waals surface area contributed by atoms with Gasteiger partial charge in [0.25, 0.3) is 5.56 Å². The normalized spacial score (nSPS) is 12.3. The molecule has 0 amide bonds. The lowest BCUT2D eigenvalue weighted by Gasteiger charge is -2.15. The molecule has 0 spiro atoms. The number of benzene rings is 1. The first-order valence-corrected chi connectivity index (χ1v) is 7.73. The first kappa shape index (κ1) is 16.1. The van der Waals surface area contributed by atoms with Gasteiger partial charge < -0.3 is 9.84 Å². The summed E-state index contributed by atoms with van der Waals surface area (Å²) in [4.78, 5) is 20.6. The molecular weight excluding hydrogens is 306 g/mol. The molecular formula is C18H19N3O3. The van der Waals surface area contributed by atoms with Crippen molar-refractivity contribution >= 4 is 11.0 Å². The zero-order chi connectivity index (χ0) is 17.1. The third kappa shape index (κ3) is 3.44. The molecule has 6 nitrogen and oxygen atoms in total. The van der Waals surface area contributed by atoms with Crippen LogP contribution in [0.3, 0.4) is 0 Å². The molecule has 3 aromatic rings. The fourth-order valence-corrected chi connectivity index (χ4v) is 2.46. The Kier molecular flexibility index (Phi) is 4.57. The molecule has 124 valence electrons. The Balaban J connectivity index is 1.71. The fraction of sp³-hybridized carbons (Fsp3) is 0.278. The largest absolute Gasteiger partial charge is 0.491 e. The van der Waals surface area contributed by atoms with Gasteiger partial charge in [0, 0.05) is 6.20 Å². The maximum Gasteiger partial charge on any atom is 0.262 e. The third-order valence-electron chi connectivity index (χ3n) is 3.78. The van der Waals surface area contributed by atoms with Crippen molar-refractivity contribution in [2.45, 2.75) is 26.5 Å². The summed E-state index contributed by atoms with van der Waals surface area (Å²) < 4.78 is 7.06. The Morgan fingerprint density at radius 3 is 2.92 bits per heavy atom. The zero-order valence-corrected chi connectivity index (χ0v) is 13.6. The summed E-state index contributed by atoms with van der Waals surface area (Å²) in [6.45, 7) is 4.15. The van der Waals surface area contributed by atoms with Crippen molar-refractivity contribution in [2.75, 3.05) is 6.61 Å². The topological polar surface area (TPSA) is 77.2 Å². The maximum atomic E-state index is 12.4. The first-order chi connectivity index (χ1) is 11.5. The quantitative estimate of drug-likeness (QED) is 0.774. The number of aliphatic hydroxyl groups excluding tert-OH is 1. The van der Waals surface area contributed by atoms with Crippen LogP contribution < -0.4 is 10.3 Å². The second-order valence-corrected chi connectivity index (χ2v) is 5.81. The van der Waals surface area contributed by atoms with Gasteiger partial charge in [-0.05, 0) is 43.2 Å². The Morgan fingerprint density at radius 2 is 2.08 bits per heavy atom. The van der Waals surface area contributed by atoms with E-state index in [0.717, 1.165) is 16.9 Å². The van der Waals surface area contributed by atoms with E-state index in [-0.39, 0.29) is 18.7 Å². The standard InChI is InChI=1S/C18H19N3O3/c1-12-5-6-13(2)16(8-12)24-10-14(22)9-21-11-20-17-15(18(21)23)4-3-7-19-17/h3-8,11,14,22H,9-10H2,1-2H3/t14-/m1/s1. The summed E-state index contributed by atoms with van der Waals surface area (Å²) >= 11 is 0. The van der Waals surface area contributed by atoms with Gasteiger partial charge in [0.2, 0.25) is 0 Å². The van der Waals surface area contributed by atoms with Gasteiger partial charge in [-0.15, -0.1) is 0 Å². The van der Waals surface area contributed by atoms with Crippen LogP contribution in [0.4, 0.5) is 0 Å². The maximum absolute atomic E-state index is 12.4. The highest BCUT2D eigenvalue weighted by Crippen LogP contribution is 2.19. The molecule has 0 aliphatic rings. The van der Waals surface area contributed by atoms with E-state index in [1.807, 2.05) is 32.0 Å². The molecule has 1 N–H and O–H groups in total. The van der Waals surface area contributed by atoms with Crippen LogP contribution in [0.15, 0.2) is 47.7 Å². The molecule has 0 unspecified atom stereocenters. The molecule has 6 heteroatoms. The molecule has 3 rings (SSSR count). The van der Waals surface area contributed by atoms with Crippen LogP contribution in [0.25, 0.3) is 11.0 Å². The van der Waals surface area contributed by atoms with Crippen LogP contribution in [0.5, 0.6) is 5.75 Å². The summed E-state index contributed by atoms with van der Waals surface area (Å²) in [5.74, 6) is 0.738. The number of pyridine rings is 1. The molecule has 0 fully saturated rings. The minimum Gasteiger partial charge on any atom is -0.491 e. The van der Waals surface area contributed by atoms with Gasteiger partial charge >= 0.3 is 0 Å². The van der Waals surface area contributed by atoms with Gasteiger partial charge in [0.15, 0.2) is 5.65 Å². The van der Waals surface area contributed by atoms with Crippen LogP contribution in [-0.4, -0.2) is 32.4 Å². The van der Waals surface area contributed by atoms with E-state index in [0.29, 0.717) is 11.0 Å². The summed E-state index contributed by atoms with van der Waals surface area (Å²) in [6.07, 6.45) is 2.17. The van der Waals surface area contributed by atoms with Crippen LogP contribution in [0, 0.1) is 13.8 Å². The second kappa shape index (κ2) is 6.80. The van der Waals surface area contributed by atoms with Gasteiger partial charge in [0.05, 0.1) is 11.9 Å². The Hall–Kier alpha value is -2.73. The Bertz CT molecular complexity index is 921. The lowest BCUT2D eigenvalue weighted by Crippen LogP contribution is -2.30. The first-order valence-electron chi connectivity index (χ1n) is 7.73. The van der Waals surface area contributed by atoms with E-state index in [1.54, 1.807) is 18.3 Å². The average Bonchev–Trinajstić information content (AvgIpc) is 2.58. The van der Waals surface area contributed by atoms with Crippen LogP contribution in [0.2, 0.25) is 0 Å². The molecule has 0 aliphatic carbocycles. The summed E-state index contributed by atoms with van der Waals surface area (Å²) in [6, 6.07) is 9.27. The third-order valence-corrected chi connectivity index (χ3v) is 3.78. The smallest absolute Gasteiger partial charge is 0.262 e. The predicted octanol–water partition coefficient (Wildman–Crippen LogP) is 1.85. The molecule has 0 saturated heterocycles. The van der Waals surface area contributed by atoms with E-state index < -0.39 is 6.10 Å². The lowest BCUT2D eigenvalue weighted by atomic mass is 10.1. The van der Waals surface area contributed by atoms with Gasteiger partial charge in [-0.25, -0.2) is 9.97 Å². The molecule has 2 aromatic heterocycles. The van der Waals surface area contributed by atoms with E-state index in [2.05, 4.69) is 9.97 Å². The number of ether oxygens (including phenoxy) is 1. The molecule has 1 atom stereocenters. The van der Waals surface area contributed by atoms with E-state index in [4.69, 9.17) is 4.74 Å². The second-order valence-electron chi connectivity index (χ2n) is 5.81. The molecule has 0 bridgehead atoms. The number of fused-ring (bicyclic) bond motifs is 1. The predicted molar refractivity (Wildman–Crippen MR) is 91.2 cm³/mol. The average molecular weight is 325 g/mol. The molecule has 0 aliphatic heterocycles. The highest BCUT2D eigenvalue weighted by atomic mass is 16.5. The molecule has 1 aromatic carbocycles. The number of nitrogens with zero attached hydrogens (tertiary/aromatic N) is 3. The van der Waals surface area contributed by atoms with Crippen molar-refractivity contribution < 1.29 is 9.84 Å². The van der Waals surface area contributed by atoms with Crippen molar-refractivity contribution in [3.05, 3.63) is 64.3 Å². The molecule has 0 radical (unpaired) electrons. The number of aryl methyl sites for hydroxylation is 2. The van der Waals surface area contributed by atoms with Crippen molar-refractivity contribution in [1.29, 1.82) is 0 Å². The van der Waals surface area contributed by atoms with Crippen molar-refractivity contribution in [2.24, 2.45) is 0 Å². The number of hydrogen-bond acceptors (Lipinski definition) is 5. The van der Waals surface area contributed by atoms with Gasteiger partial charge in [-0.3, -0.25) is 9.36 Å². The monoisotopic (exact) mass is 325 g/mol. The molecule has 2 heterocycles.